The second kappa shape index (κ2) is 4.57. The SMILES string of the molecule is O=C(NC1(C(F)(F)F)CC1)c1cnn(-c2cccnc2)c1. The maximum absolute atomic E-state index is 12.8. The third-order valence-corrected chi connectivity index (χ3v) is 3.40. The topological polar surface area (TPSA) is 59.8 Å². The van der Waals surface area contributed by atoms with Crippen molar-refractivity contribution >= 4 is 5.91 Å². The Morgan fingerprint density at radius 1 is 1.33 bits per heavy atom. The molecule has 1 N–H and O–H groups in total. The number of hydrogen-bond acceptors (Lipinski definition) is 3. The third kappa shape index (κ3) is 2.48. The molecule has 1 aliphatic carbocycles. The highest BCUT2D eigenvalue weighted by molar-refractivity contribution is 5.94. The molecule has 0 spiro atoms. The molecular weight excluding hydrogens is 285 g/mol. The predicted octanol–water partition coefficient (Wildman–Crippen LogP) is 2.09. The Kier molecular flexibility index (Phi) is 2.96. The van der Waals surface area contributed by atoms with Gasteiger partial charge in [0.15, 0.2) is 0 Å². The van der Waals surface area contributed by atoms with E-state index < -0.39 is 17.6 Å². The summed E-state index contributed by atoms with van der Waals surface area (Å²) in [5.74, 6) is -0.778. The van der Waals surface area contributed by atoms with E-state index in [1.807, 2.05) is 0 Å². The smallest absolute Gasteiger partial charge is 0.338 e. The maximum Gasteiger partial charge on any atom is 0.411 e. The Morgan fingerprint density at radius 2 is 2.10 bits per heavy atom. The Bertz CT molecular complexity index is 662. The largest absolute Gasteiger partial charge is 0.411 e. The Morgan fingerprint density at radius 3 is 2.67 bits per heavy atom. The van der Waals surface area contributed by atoms with Crippen LogP contribution in [0.5, 0.6) is 0 Å². The van der Waals surface area contributed by atoms with Crippen LogP contribution in [-0.2, 0) is 0 Å². The molecule has 1 fully saturated rings. The van der Waals surface area contributed by atoms with Crippen LogP contribution in [0.2, 0.25) is 0 Å². The van der Waals surface area contributed by atoms with E-state index in [0.717, 1.165) is 0 Å². The molecule has 0 aliphatic heterocycles. The minimum absolute atomic E-state index is 0.0781. The molecule has 110 valence electrons. The second-order valence-electron chi connectivity index (χ2n) is 4.92. The molecular formula is C13H11F3N4O. The number of carbonyl (C=O) groups is 1. The predicted molar refractivity (Wildman–Crippen MR) is 66.8 cm³/mol. The lowest BCUT2D eigenvalue weighted by Gasteiger charge is -2.20. The van der Waals surface area contributed by atoms with Crippen molar-refractivity contribution in [1.82, 2.24) is 20.1 Å². The van der Waals surface area contributed by atoms with Gasteiger partial charge in [-0.15, -0.1) is 0 Å². The third-order valence-electron chi connectivity index (χ3n) is 3.40. The van der Waals surface area contributed by atoms with Gasteiger partial charge in [-0.3, -0.25) is 9.78 Å². The van der Waals surface area contributed by atoms with Crippen molar-refractivity contribution < 1.29 is 18.0 Å². The van der Waals surface area contributed by atoms with E-state index in [0.29, 0.717) is 5.69 Å². The number of aromatic nitrogens is 3. The van der Waals surface area contributed by atoms with Crippen LogP contribution in [-0.4, -0.2) is 32.4 Å². The van der Waals surface area contributed by atoms with E-state index in [2.05, 4.69) is 15.4 Å². The van der Waals surface area contributed by atoms with Crippen molar-refractivity contribution in [3.63, 3.8) is 0 Å². The number of pyridine rings is 1. The van der Waals surface area contributed by atoms with Crippen LogP contribution in [0.4, 0.5) is 13.2 Å². The van der Waals surface area contributed by atoms with Gasteiger partial charge in [0.1, 0.15) is 5.54 Å². The Labute approximate surface area is 117 Å². The summed E-state index contributed by atoms with van der Waals surface area (Å²) in [5, 5.41) is 6.01. The first-order valence-corrected chi connectivity index (χ1v) is 6.26. The first kappa shape index (κ1) is 13.6. The van der Waals surface area contributed by atoms with Crippen LogP contribution in [0.25, 0.3) is 5.69 Å². The highest BCUT2D eigenvalue weighted by Gasteiger charge is 2.64. The molecule has 0 saturated heterocycles. The summed E-state index contributed by atoms with van der Waals surface area (Å²) in [6, 6.07) is 3.42. The molecule has 1 amide bonds. The summed E-state index contributed by atoms with van der Waals surface area (Å²) < 4.78 is 39.8. The summed E-state index contributed by atoms with van der Waals surface area (Å²) in [6.45, 7) is 0. The number of nitrogens with one attached hydrogen (secondary N) is 1. The zero-order chi connectivity index (χ0) is 15.1. The monoisotopic (exact) mass is 296 g/mol. The van der Waals surface area contributed by atoms with Gasteiger partial charge in [0.05, 0.1) is 23.6 Å². The summed E-state index contributed by atoms with van der Waals surface area (Å²) in [6.07, 6.45) is 1.13. The van der Waals surface area contributed by atoms with Crippen LogP contribution in [0, 0.1) is 0 Å². The van der Waals surface area contributed by atoms with Gasteiger partial charge < -0.3 is 5.32 Å². The molecule has 0 atom stereocenters. The number of rotatable bonds is 3. The lowest BCUT2D eigenvalue weighted by Crippen LogP contribution is -2.47. The van der Waals surface area contributed by atoms with Gasteiger partial charge in [-0.25, -0.2) is 4.68 Å². The fourth-order valence-electron chi connectivity index (χ4n) is 1.96. The molecule has 0 radical (unpaired) electrons. The molecule has 5 nitrogen and oxygen atoms in total. The molecule has 21 heavy (non-hydrogen) atoms. The molecule has 8 heteroatoms. The van der Waals surface area contributed by atoms with E-state index in [9.17, 15) is 18.0 Å². The van der Waals surface area contributed by atoms with Crippen molar-refractivity contribution in [3.8, 4) is 5.69 Å². The van der Waals surface area contributed by atoms with Crippen LogP contribution in [0.3, 0.4) is 0 Å². The van der Waals surface area contributed by atoms with Gasteiger partial charge in [0, 0.05) is 12.4 Å². The quantitative estimate of drug-likeness (QED) is 0.943. The maximum atomic E-state index is 12.8. The Balaban J connectivity index is 1.77. The first-order chi connectivity index (χ1) is 9.91. The van der Waals surface area contributed by atoms with E-state index >= 15 is 0 Å². The molecule has 2 heterocycles. The zero-order valence-corrected chi connectivity index (χ0v) is 10.8. The number of nitrogens with zero attached hydrogens (tertiary/aromatic N) is 3. The fraction of sp³-hybridized carbons (Fsp3) is 0.308. The molecule has 2 aromatic rings. The number of amides is 1. The summed E-state index contributed by atoms with van der Waals surface area (Å²) in [5.41, 5.74) is -1.37. The van der Waals surface area contributed by atoms with Crippen LogP contribution in [0.15, 0.2) is 36.9 Å². The molecule has 2 aromatic heterocycles. The lowest BCUT2D eigenvalue weighted by atomic mass is 10.2. The van der Waals surface area contributed by atoms with Gasteiger partial charge in [-0.1, -0.05) is 0 Å². The molecule has 1 aliphatic rings. The van der Waals surface area contributed by atoms with Crippen LogP contribution >= 0.6 is 0 Å². The van der Waals surface area contributed by atoms with Crippen molar-refractivity contribution in [3.05, 3.63) is 42.5 Å². The van der Waals surface area contributed by atoms with E-state index in [-0.39, 0.29) is 18.4 Å². The minimum Gasteiger partial charge on any atom is -0.338 e. The van der Waals surface area contributed by atoms with Crippen LogP contribution < -0.4 is 5.32 Å². The molecule has 0 aromatic carbocycles. The number of carbonyl (C=O) groups excluding carboxylic acids is 1. The van der Waals surface area contributed by atoms with Crippen molar-refractivity contribution in [2.45, 2.75) is 24.6 Å². The van der Waals surface area contributed by atoms with E-state index in [1.165, 1.54) is 23.3 Å². The van der Waals surface area contributed by atoms with Gasteiger partial charge in [0.25, 0.3) is 5.91 Å². The summed E-state index contributed by atoms with van der Waals surface area (Å²) >= 11 is 0. The standard InChI is InChI=1S/C13H11F3N4O/c14-13(15,16)12(3-4-12)19-11(21)9-6-18-20(8-9)10-2-1-5-17-7-10/h1-2,5-8H,3-4H2,(H,19,21). The average molecular weight is 296 g/mol. The lowest BCUT2D eigenvalue weighted by molar-refractivity contribution is -0.163. The van der Waals surface area contributed by atoms with Gasteiger partial charge in [-0.05, 0) is 25.0 Å². The first-order valence-electron chi connectivity index (χ1n) is 6.26. The average Bonchev–Trinajstić information content (AvgIpc) is 3.07. The fourth-order valence-corrected chi connectivity index (χ4v) is 1.96. The van der Waals surface area contributed by atoms with E-state index in [4.69, 9.17) is 0 Å². The normalized spacial score (nSPS) is 16.5. The van der Waals surface area contributed by atoms with Crippen molar-refractivity contribution in [1.29, 1.82) is 0 Å². The highest BCUT2D eigenvalue weighted by Crippen LogP contribution is 2.49. The number of halogens is 3. The molecule has 0 bridgehead atoms. The summed E-state index contributed by atoms with van der Waals surface area (Å²) in [7, 11) is 0. The van der Waals surface area contributed by atoms with Gasteiger partial charge in [-0.2, -0.15) is 18.3 Å². The van der Waals surface area contributed by atoms with E-state index in [1.54, 1.807) is 18.3 Å². The minimum atomic E-state index is -4.43. The van der Waals surface area contributed by atoms with Crippen molar-refractivity contribution in [2.75, 3.05) is 0 Å². The Hall–Kier alpha value is -2.38. The molecule has 0 unspecified atom stereocenters. The second-order valence-corrected chi connectivity index (χ2v) is 4.92. The summed E-state index contributed by atoms with van der Waals surface area (Å²) in [4.78, 5) is 15.8. The highest BCUT2D eigenvalue weighted by atomic mass is 19.4. The zero-order valence-electron chi connectivity index (χ0n) is 10.8. The van der Waals surface area contributed by atoms with Crippen molar-refractivity contribution in [2.24, 2.45) is 0 Å². The molecule has 1 saturated carbocycles. The number of hydrogen-bond donors (Lipinski definition) is 1. The van der Waals surface area contributed by atoms with Gasteiger partial charge in [0.2, 0.25) is 0 Å². The van der Waals surface area contributed by atoms with Gasteiger partial charge >= 0.3 is 6.18 Å². The molecule has 3 rings (SSSR count). The number of alkyl halides is 3. The van der Waals surface area contributed by atoms with Crippen LogP contribution in [0.1, 0.15) is 23.2 Å².